The highest BCUT2D eigenvalue weighted by Gasteiger charge is 2.25. The van der Waals surface area contributed by atoms with Crippen molar-refractivity contribution in [2.45, 2.75) is 25.3 Å². The van der Waals surface area contributed by atoms with Crippen LogP contribution in [0.4, 0.5) is 0 Å². The molecule has 0 aromatic carbocycles. The van der Waals surface area contributed by atoms with Gasteiger partial charge in [0.1, 0.15) is 0 Å². The summed E-state index contributed by atoms with van der Waals surface area (Å²) in [5.41, 5.74) is 2.27. The zero-order valence-electron chi connectivity index (χ0n) is 10.2. The van der Waals surface area contributed by atoms with Crippen LogP contribution in [0.15, 0.2) is 33.9 Å². The monoisotopic (exact) mass is 272 g/mol. The smallest absolute Gasteiger partial charge is 0.230 e. The number of aromatic nitrogens is 4. The van der Waals surface area contributed by atoms with E-state index < -0.39 is 0 Å². The van der Waals surface area contributed by atoms with E-state index in [2.05, 4.69) is 19.7 Å². The number of nitrogens with zero attached hydrogens (tertiary/aromatic N) is 4. The summed E-state index contributed by atoms with van der Waals surface area (Å²) in [5.74, 6) is 1.74. The Morgan fingerprint density at radius 1 is 1.42 bits per heavy atom. The molecule has 6 heteroatoms. The molecule has 4 rings (SSSR count). The van der Waals surface area contributed by atoms with Gasteiger partial charge in [-0.2, -0.15) is 16.3 Å². The molecule has 3 aromatic rings. The van der Waals surface area contributed by atoms with Gasteiger partial charge in [-0.1, -0.05) is 5.16 Å². The minimum Gasteiger partial charge on any atom is -0.339 e. The van der Waals surface area contributed by atoms with Gasteiger partial charge in [0.05, 0.1) is 6.33 Å². The minimum absolute atomic E-state index is 0.309. The summed E-state index contributed by atoms with van der Waals surface area (Å²) in [6.07, 6.45) is 5.75. The molecule has 1 unspecified atom stereocenters. The van der Waals surface area contributed by atoms with Crippen LogP contribution in [-0.4, -0.2) is 19.7 Å². The van der Waals surface area contributed by atoms with Gasteiger partial charge in [-0.3, -0.25) is 0 Å². The molecule has 96 valence electrons. The van der Waals surface area contributed by atoms with Crippen LogP contribution in [0.3, 0.4) is 0 Å². The second kappa shape index (κ2) is 4.31. The van der Waals surface area contributed by atoms with Crippen molar-refractivity contribution in [1.82, 2.24) is 19.7 Å². The van der Waals surface area contributed by atoms with Crippen LogP contribution >= 0.6 is 11.3 Å². The normalized spacial score (nSPS) is 18.4. The predicted octanol–water partition coefficient (Wildman–Crippen LogP) is 2.72. The van der Waals surface area contributed by atoms with Crippen molar-refractivity contribution in [3.8, 4) is 11.4 Å². The highest BCUT2D eigenvalue weighted by atomic mass is 32.1. The van der Waals surface area contributed by atoms with Gasteiger partial charge in [0.15, 0.2) is 0 Å². The molecule has 3 aromatic heterocycles. The largest absolute Gasteiger partial charge is 0.339 e. The summed E-state index contributed by atoms with van der Waals surface area (Å²) in [6, 6.07) is 2.01. The molecule has 0 bridgehead atoms. The quantitative estimate of drug-likeness (QED) is 0.719. The van der Waals surface area contributed by atoms with Crippen LogP contribution in [0.25, 0.3) is 11.4 Å². The van der Waals surface area contributed by atoms with Crippen molar-refractivity contribution in [3.05, 3.63) is 40.9 Å². The number of hydrogen-bond acceptors (Lipinski definition) is 5. The van der Waals surface area contributed by atoms with Crippen molar-refractivity contribution in [2.75, 3.05) is 0 Å². The summed E-state index contributed by atoms with van der Waals surface area (Å²) in [4.78, 5) is 8.71. The number of fused-ring (bicyclic) bond motifs is 1. The average molecular weight is 272 g/mol. The van der Waals surface area contributed by atoms with Crippen LogP contribution in [0.5, 0.6) is 0 Å². The molecule has 0 radical (unpaired) electrons. The lowest BCUT2D eigenvalue weighted by molar-refractivity contribution is 0.325. The van der Waals surface area contributed by atoms with Gasteiger partial charge in [-0.05, 0) is 17.9 Å². The first kappa shape index (κ1) is 10.9. The molecule has 1 aliphatic heterocycles. The van der Waals surface area contributed by atoms with Gasteiger partial charge in [0.2, 0.25) is 11.7 Å². The van der Waals surface area contributed by atoms with Gasteiger partial charge >= 0.3 is 0 Å². The van der Waals surface area contributed by atoms with Crippen LogP contribution in [-0.2, 0) is 13.0 Å². The maximum absolute atomic E-state index is 5.43. The summed E-state index contributed by atoms with van der Waals surface area (Å²) in [7, 11) is 0. The molecule has 4 heterocycles. The third-order valence-electron chi connectivity index (χ3n) is 3.54. The molecule has 0 fully saturated rings. The Morgan fingerprint density at radius 3 is 3.32 bits per heavy atom. The molecule has 0 saturated heterocycles. The van der Waals surface area contributed by atoms with E-state index in [1.54, 1.807) is 11.3 Å². The van der Waals surface area contributed by atoms with E-state index in [1.165, 1.54) is 5.69 Å². The Kier molecular flexibility index (Phi) is 2.48. The summed E-state index contributed by atoms with van der Waals surface area (Å²) < 4.78 is 7.62. The lowest BCUT2D eigenvalue weighted by atomic mass is 9.96. The topological polar surface area (TPSA) is 56.7 Å². The van der Waals surface area contributed by atoms with E-state index in [4.69, 9.17) is 4.52 Å². The summed E-state index contributed by atoms with van der Waals surface area (Å²) in [5, 5.41) is 8.13. The van der Waals surface area contributed by atoms with Crippen LogP contribution in [0, 0.1) is 0 Å². The maximum atomic E-state index is 5.43. The van der Waals surface area contributed by atoms with Crippen LogP contribution in [0.1, 0.15) is 23.9 Å². The van der Waals surface area contributed by atoms with Crippen molar-refractivity contribution in [2.24, 2.45) is 0 Å². The van der Waals surface area contributed by atoms with Crippen LogP contribution in [0.2, 0.25) is 0 Å². The molecule has 5 nitrogen and oxygen atoms in total. The minimum atomic E-state index is 0.309. The molecular formula is C13H12N4OS. The fourth-order valence-corrected chi connectivity index (χ4v) is 3.12. The Balaban J connectivity index is 1.61. The molecule has 0 saturated carbocycles. The zero-order valence-corrected chi connectivity index (χ0v) is 11.0. The number of aryl methyl sites for hydroxylation is 1. The first-order valence-electron chi connectivity index (χ1n) is 6.25. The Labute approximate surface area is 113 Å². The van der Waals surface area contributed by atoms with E-state index >= 15 is 0 Å². The van der Waals surface area contributed by atoms with Gasteiger partial charge in [0.25, 0.3) is 0 Å². The molecular weight excluding hydrogens is 260 g/mol. The van der Waals surface area contributed by atoms with Gasteiger partial charge in [-0.25, -0.2) is 4.98 Å². The SMILES string of the molecule is c1cc(-c2noc(C3CCn4cncc4C3)n2)cs1. The number of thiophene rings is 1. The molecule has 1 atom stereocenters. The fourth-order valence-electron chi connectivity index (χ4n) is 2.49. The van der Waals surface area contributed by atoms with Gasteiger partial charge in [0, 0.05) is 41.7 Å². The van der Waals surface area contributed by atoms with Gasteiger partial charge < -0.3 is 9.09 Å². The maximum Gasteiger partial charge on any atom is 0.230 e. The highest BCUT2D eigenvalue weighted by Crippen LogP contribution is 2.29. The van der Waals surface area contributed by atoms with E-state index in [-0.39, 0.29) is 0 Å². The van der Waals surface area contributed by atoms with Crippen molar-refractivity contribution < 1.29 is 4.52 Å². The standard InChI is InChI=1S/C13H12N4OS/c1-3-17-8-14-6-11(17)5-9(1)13-15-12(16-18-13)10-2-4-19-7-10/h2,4,6-9H,1,3,5H2. The first-order valence-corrected chi connectivity index (χ1v) is 7.19. The third-order valence-corrected chi connectivity index (χ3v) is 4.23. The second-order valence-corrected chi connectivity index (χ2v) is 5.52. The first-order chi connectivity index (χ1) is 9.40. The van der Waals surface area contributed by atoms with Crippen molar-refractivity contribution >= 4 is 11.3 Å². The summed E-state index contributed by atoms with van der Waals surface area (Å²) >= 11 is 1.64. The van der Waals surface area contributed by atoms with E-state index in [1.807, 2.05) is 29.4 Å². The van der Waals surface area contributed by atoms with Crippen LogP contribution < -0.4 is 0 Å². The van der Waals surface area contributed by atoms with Gasteiger partial charge in [-0.15, -0.1) is 0 Å². The molecule has 1 aliphatic rings. The number of hydrogen-bond donors (Lipinski definition) is 0. The lowest BCUT2D eigenvalue weighted by Gasteiger charge is -2.20. The second-order valence-electron chi connectivity index (χ2n) is 4.74. The molecule has 0 spiro atoms. The summed E-state index contributed by atoms with van der Waals surface area (Å²) in [6.45, 7) is 0.968. The zero-order chi connectivity index (χ0) is 12.7. The highest BCUT2D eigenvalue weighted by molar-refractivity contribution is 7.08. The number of imidazole rings is 1. The lowest BCUT2D eigenvalue weighted by Crippen LogP contribution is -2.17. The molecule has 0 N–H and O–H groups in total. The van der Waals surface area contributed by atoms with Crippen molar-refractivity contribution in [1.29, 1.82) is 0 Å². The fraction of sp³-hybridized carbons (Fsp3) is 0.308. The molecule has 0 aliphatic carbocycles. The Morgan fingerprint density at radius 2 is 2.42 bits per heavy atom. The van der Waals surface area contributed by atoms with E-state index in [0.29, 0.717) is 11.7 Å². The van der Waals surface area contributed by atoms with E-state index in [0.717, 1.165) is 30.8 Å². The average Bonchev–Trinajstić information content (AvgIpc) is 3.18. The Bertz CT molecular complexity index is 685. The van der Waals surface area contributed by atoms with Crippen molar-refractivity contribution in [3.63, 3.8) is 0 Å². The van der Waals surface area contributed by atoms with E-state index in [9.17, 15) is 0 Å². The molecule has 19 heavy (non-hydrogen) atoms. The third kappa shape index (κ3) is 1.88. The molecule has 0 amide bonds. The predicted molar refractivity (Wildman–Crippen MR) is 70.9 cm³/mol. The Hall–Kier alpha value is -1.95. The number of rotatable bonds is 2.